The standard InChI is InChI=1S/C20H27N3O2/c1-20(2,3)15-8-6-14(7-9-15)13-22-19(21)23-17-12-16(24-4)10-11-18(17)25-5/h6-12H,13H2,1-5H3,(H3,21,22,23). The largest absolute Gasteiger partial charge is 0.497 e. The second-order valence-electron chi connectivity index (χ2n) is 6.84. The number of anilines is 1. The predicted octanol–water partition coefficient (Wildman–Crippen LogP) is 3.93. The molecule has 0 fully saturated rings. The lowest BCUT2D eigenvalue weighted by atomic mass is 9.87. The minimum Gasteiger partial charge on any atom is -0.497 e. The molecule has 0 aliphatic carbocycles. The van der Waals surface area contributed by atoms with E-state index in [1.54, 1.807) is 14.2 Å². The Bertz CT molecular complexity index is 732. The predicted molar refractivity (Wildman–Crippen MR) is 104 cm³/mol. The van der Waals surface area contributed by atoms with Gasteiger partial charge in [-0.15, -0.1) is 0 Å². The Labute approximate surface area is 149 Å². The summed E-state index contributed by atoms with van der Waals surface area (Å²) in [7, 11) is 3.22. The van der Waals surface area contributed by atoms with Crippen LogP contribution in [0.15, 0.2) is 47.5 Å². The molecule has 0 aromatic heterocycles. The van der Waals surface area contributed by atoms with Gasteiger partial charge >= 0.3 is 0 Å². The molecule has 0 spiro atoms. The molecule has 0 aliphatic heterocycles. The molecule has 0 radical (unpaired) electrons. The van der Waals surface area contributed by atoms with Crippen LogP contribution in [0.4, 0.5) is 5.69 Å². The highest BCUT2D eigenvalue weighted by molar-refractivity contribution is 5.94. The van der Waals surface area contributed by atoms with Crippen molar-refractivity contribution in [2.24, 2.45) is 10.7 Å². The maximum atomic E-state index is 6.01. The molecule has 2 aromatic rings. The fraction of sp³-hybridized carbons (Fsp3) is 0.350. The third-order valence-electron chi connectivity index (χ3n) is 3.92. The lowest BCUT2D eigenvalue weighted by Gasteiger charge is -2.19. The first-order valence-corrected chi connectivity index (χ1v) is 8.22. The van der Waals surface area contributed by atoms with Crippen molar-refractivity contribution in [3.8, 4) is 11.5 Å². The van der Waals surface area contributed by atoms with E-state index in [2.05, 4.69) is 55.3 Å². The van der Waals surface area contributed by atoms with Crippen molar-refractivity contribution in [2.45, 2.75) is 32.7 Å². The van der Waals surface area contributed by atoms with E-state index in [9.17, 15) is 0 Å². The molecule has 5 nitrogen and oxygen atoms in total. The zero-order valence-corrected chi connectivity index (χ0v) is 15.6. The average molecular weight is 341 g/mol. The summed E-state index contributed by atoms with van der Waals surface area (Å²) in [4.78, 5) is 4.40. The highest BCUT2D eigenvalue weighted by atomic mass is 16.5. The fourth-order valence-corrected chi connectivity index (χ4v) is 2.38. The fourth-order valence-electron chi connectivity index (χ4n) is 2.38. The number of aliphatic imine (C=N–C) groups is 1. The van der Waals surface area contributed by atoms with E-state index in [0.29, 0.717) is 29.7 Å². The molecule has 134 valence electrons. The van der Waals surface area contributed by atoms with Crippen LogP contribution in [0.5, 0.6) is 11.5 Å². The zero-order chi connectivity index (χ0) is 18.4. The van der Waals surface area contributed by atoms with E-state index in [-0.39, 0.29) is 5.41 Å². The Kier molecular flexibility index (Phi) is 5.91. The molecule has 0 saturated carbocycles. The molecule has 3 N–H and O–H groups in total. The number of nitrogens with one attached hydrogen (secondary N) is 1. The van der Waals surface area contributed by atoms with Crippen molar-refractivity contribution in [1.29, 1.82) is 0 Å². The first-order valence-electron chi connectivity index (χ1n) is 8.22. The SMILES string of the molecule is COc1ccc(OC)c(NC(N)=NCc2ccc(C(C)(C)C)cc2)c1. The van der Waals surface area contributed by atoms with E-state index in [4.69, 9.17) is 15.2 Å². The minimum absolute atomic E-state index is 0.144. The lowest BCUT2D eigenvalue weighted by molar-refractivity contribution is 0.405. The molecule has 2 rings (SSSR count). The number of benzene rings is 2. The average Bonchev–Trinajstić information content (AvgIpc) is 2.59. The molecular weight excluding hydrogens is 314 g/mol. The monoisotopic (exact) mass is 341 g/mol. The number of hydrogen-bond acceptors (Lipinski definition) is 3. The topological polar surface area (TPSA) is 68.9 Å². The first kappa shape index (κ1) is 18.6. The Hall–Kier alpha value is -2.69. The minimum atomic E-state index is 0.144. The van der Waals surface area contributed by atoms with E-state index in [1.165, 1.54) is 5.56 Å². The number of guanidine groups is 1. The van der Waals surface area contributed by atoms with Gasteiger partial charge in [0.25, 0.3) is 0 Å². The van der Waals surface area contributed by atoms with Gasteiger partial charge in [-0.05, 0) is 28.7 Å². The second kappa shape index (κ2) is 7.92. The van der Waals surface area contributed by atoms with Crippen molar-refractivity contribution in [2.75, 3.05) is 19.5 Å². The van der Waals surface area contributed by atoms with Gasteiger partial charge in [0.2, 0.25) is 0 Å². The van der Waals surface area contributed by atoms with Crippen molar-refractivity contribution in [1.82, 2.24) is 0 Å². The van der Waals surface area contributed by atoms with Crippen LogP contribution in [0.2, 0.25) is 0 Å². The van der Waals surface area contributed by atoms with E-state index in [1.807, 2.05) is 18.2 Å². The summed E-state index contributed by atoms with van der Waals surface area (Å²) in [5, 5.41) is 3.06. The summed E-state index contributed by atoms with van der Waals surface area (Å²) < 4.78 is 10.6. The maximum Gasteiger partial charge on any atom is 0.193 e. The highest BCUT2D eigenvalue weighted by Gasteiger charge is 2.12. The van der Waals surface area contributed by atoms with Gasteiger partial charge in [0, 0.05) is 6.07 Å². The maximum absolute atomic E-state index is 6.01. The molecule has 2 aromatic carbocycles. The second-order valence-corrected chi connectivity index (χ2v) is 6.84. The van der Waals surface area contributed by atoms with Gasteiger partial charge in [0.15, 0.2) is 5.96 Å². The summed E-state index contributed by atoms with van der Waals surface area (Å²) in [6.45, 7) is 7.10. The van der Waals surface area contributed by atoms with E-state index in [0.717, 1.165) is 5.56 Å². The van der Waals surface area contributed by atoms with Crippen molar-refractivity contribution >= 4 is 11.6 Å². The summed E-state index contributed by atoms with van der Waals surface area (Å²) >= 11 is 0. The molecule has 0 aliphatic rings. The molecule has 0 heterocycles. The van der Waals surface area contributed by atoms with Gasteiger partial charge < -0.3 is 20.5 Å². The normalized spacial score (nSPS) is 12.0. The van der Waals surface area contributed by atoms with Gasteiger partial charge in [-0.25, -0.2) is 4.99 Å². The molecule has 0 atom stereocenters. The van der Waals surface area contributed by atoms with Crippen LogP contribution in [0.25, 0.3) is 0 Å². The number of nitrogens with zero attached hydrogens (tertiary/aromatic N) is 1. The molecular formula is C20H27N3O2. The molecule has 0 bridgehead atoms. The summed E-state index contributed by atoms with van der Waals surface area (Å²) in [6.07, 6.45) is 0. The third kappa shape index (κ3) is 5.14. The molecule has 0 amide bonds. The van der Waals surface area contributed by atoms with Crippen LogP contribution >= 0.6 is 0 Å². The molecule has 0 unspecified atom stereocenters. The molecule has 5 heteroatoms. The van der Waals surface area contributed by atoms with Gasteiger partial charge in [-0.2, -0.15) is 0 Å². The van der Waals surface area contributed by atoms with Gasteiger partial charge in [-0.3, -0.25) is 0 Å². The van der Waals surface area contributed by atoms with E-state index < -0.39 is 0 Å². The Morgan fingerprint density at radius 2 is 1.72 bits per heavy atom. The Morgan fingerprint density at radius 3 is 2.28 bits per heavy atom. The Morgan fingerprint density at radius 1 is 1.04 bits per heavy atom. The van der Waals surface area contributed by atoms with Crippen LogP contribution in [0.3, 0.4) is 0 Å². The van der Waals surface area contributed by atoms with Crippen LogP contribution in [-0.4, -0.2) is 20.2 Å². The number of nitrogens with two attached hydrogens (primary N) is 1. The van der Waals surface area contributed by atoms with Gasteiger partial charge in [0.05, 0.1) is 26.5 Å². The number of methoxy groups -OCH3 is 2. The smallest absolute Gasteiger partial charge is 0.193 e. The first-order chi connectivity index (χ1) is 11.8. The van der Waals surface area contributed by atoms with Gasteiger partial charge in [0.1, 0.15) is 11.5 Å². The van der Waals surface area contributed by atoms with Gasteiger partial charge in [-0.1, -0.05) is 45.0 Å². The van der Waals surface area contributed by atoms with Crippen LogP contribution < -0.4 is 20.5 Å². The summed E-state index contributed by atoms with van der Waals surface area (Å²) in [5.74, 6) is 1.72. The van der Waals surface area contributed by atoms with Crippen molar-refractivity contribution in [3.63, 3.8) is 0 Å². The van der Waals surface area contributed by atoms with Crippen LogP contribution in [0.1, 0.15) is 31.9 Å². The molecule has 25 heavy (non-hydrogen) atoms. The quantitative estimate of drug-likeness (QED) is 0.639. The molecule has 0 saturated heterocycles. The summed E-state index contributed by atoms with van der Waals surface area (Å²) in [6, 6.07) is 13.9. The number of rotatable bonds is 5. The third-order valence-corrected chi connectivity index (χ3v) is 3.92. The number of ether oxygens (including phenoxy) is 2. The van der Waals surface area contributed by atoms with Crippen LogP contribution in [0, 0.1) is 0 Å². The van der Waals surface area contributed by atoms with Crippen molar-refractivity contribution < 1.29 is 9.47 Å². The van der Waals surface area contributed by atoms with E-state index >= 15 is 0 Å². The highest BCUT2D eigenvalue weighted by Crippen LogP contribution is 2.28. The summed E-state index contributed by atoms with van der Waals surface area (Å²) in [5.41, 5.74) is 9.27. The Balaban J connectivity index is 2.07. The van der Waals surface area contributed by atoms with Crippen LogP contribution in [-0.2, 0) is 12.0 Å². The number of hydrogen-bond donors (Lipinski definition) is 2. The van der Waals surface area contributed by atoms with Crippen molar-refractivity contribution in [3.05, 3.63) is 53.6 Å². The lowest BCUT2D eigenvalue weighted by Crippen LogP contribution is -2.23. The zero-order valence-electron chi connectivity index (χ0n) is 15.6.